The van der Waals surface area contributed by atoms with Gasteiger partial charge in [-0.05, 0) is 38.2 Å². The van der Waals surface area contributed by atoms with E-state index < -0.39 is 0 Å². The normalized spacial score (nSPS) is 10.4. The van der Waals surface area contributed by atoms with Gasteiger partial charge in [0.25, 0.3) is 0 Å². The molecule has 1 N–H and O–H groups in total. The standard InChI is InChI=1S/C12H13NOS2/c1-3-14-10-7-5-4-6-9(10)11-8(2)13-12(15)16-11/h4-7H,3H2,1-2H3,(H,13,15). The molecule has 0 bridgehead atoms. The lowest BCUT2D eigenvalue weighted by molar-refractivity contribution is 0.341. The van der Waals surface area contributed by atoms with Crippen LogP contribution in [0.25, 0.3) is 10.4 Å². The number of thiazole rings is 1. The Balaban J connectivity index is 2.55. The van der Waals surface area contributed by atoms with Crippen molar-refractivity contribution in [3.8, 4) is 16.2 Å². The molecule has 0 radical (unpaired) electrons. The van der Waals surface area contributed by atoms with Crippen molar-refractivity contribution in [2.75, 3.05) is 6.61 Å². The third-order valence-corrected chi connectivity index (χ3v) is 3.63. The second kappa shape index (κ2) is 4.80. The van der Waals surface area contributed by atoms with Crippen LogP contribution in [0.1, 0.15) is 12.6 Å². The van der Waals surface area contributed by atoms with Gasteiger partial charge in [0.2, 0.25) is 0 Å². The summed E-state index contributed by atoms with van der Waals surface area (Å²) in [6, 6.07) is 8.04. The summed E-state index contributed by atoms with van der Waals surface area (Å²) in [5, 5.41) is 0. The highest BCUT2D eigenvalue weighted by atomic mass is 32.1. The molecule has 2 rings (SSSR count). The summed E-state index contributed by atoms with van der Waals surface area (Å²) in [5.41, 5.74) is 2.21. The Morgan fingerprint density at radius 1 is 1.38 bits per heavy atom. The molecule has 0 aliphatic rings. The Labute approximate surface area is 104 Å². The number of nitrogens with one attached hydrogen (secondary N) is 1. The number of para-hydroxylation sites is 1. The van der Waals surface area contributed by atoms with Gasteiger partial charge in [-0.25, -0.2) is 0 Å². The van der Waals surface area contributed by atoms with Gasteiger partial charge in [0.05, 0.1) is 11.5 Å². The quantitative estimate of drug-likeness (QED) is 0.828. The van der Waals surface area contributed by atoms with Gasteiger partial charge in [0, 0.05) is 11.3 Å². The van der Waals surface area contributed by atoms with Crippen molar-refractivity contribution in [1.82, 2.24) is 4.98 Å². The third kappa shape index (κ3) is 2.18. The summed E-state index contributed by atoms with van der Waals surface area (Å²) < 4.78 is 6.42. The molecular formula is C12H13NOS2. The van der Waals surface area contributed by atoms with Crippen LogP contribution in [0.15, 0.2) is 24.3 Å². The van der Waals surface area contributed by atoms with Crippen LogP contribution in [0.3, 0.4) is 0 Å². The molecule has 1 aromatic heterocycles. The first-order valence-corrected chi connectivity index (χ1v) is 6.36. The third-order valence-electron chi connectivity index (χ3n) is 2.26. The molecule has 0 aliphatic carbocycles. The Bertz CT molecular complexity index is 542. The zero-order valence-electron chi connectivity index (χ0n) is 9.24. The van der Waals surface area contributed by atoms with Gasteiger partial charge in [-0.15, -0.1) is 11.3 Å². The lowest BCUT2D eigenvalue weighted by Gasteiger charge is -2.08. The second-order valence-electron chi connectivity index (χ2n) is 3.40. The van der Waals surface area contributed by atoms with Crippen LogP contribution in [0.4, 0.5) is 0 Å². The van der Waals surface area contributed by atoms with Gasteiger partial charge < -0.3 is 9.72 Å². The number of aromatic nitrogens is 1. The summed E-state index contributed by atoms with van der Waals surface area (Å²) in [6.45, 7) is 4.69. The number of benzene rings is 1. The molecule has 2 nitrogen and oxygen atoms in total. The molecular weight excluding hydrogens is 238 g/mol. The molecule has 16 heavy (non-hydrogen) atoms. The van der Waals surface area contributed by atoms with E-state index in [-0.39, 0.29) is 0 Å². The maximum Gasteiger partial charge on any atom is 0.159 e. The van der Waals surface area contributed by atoms with Crippen molar-refractivity contribution >= 4 is 23.6 Å². The molecule has 0 saturated carbocycles. The monoisotopic (exact) mass is 251 g/mol. The summed E-state index contributed by atoms with van der Waals surface area (Å²) in [4.78, 5) is 4.31. The number of ether oxygens (including phenoxy) is 1. The van der Waals surface area contributed by atoms with Crippen LogP contribution in [-0.4, -0.2) is 11.6 Å². The van der Waals surface area contributed by atoms with E-state index in [4.69, 9.17) is 17.0 Å². The predicted octanol–water partition coefficient (Wildman–Crippen LogP) is 4.18. The first kappa shape index (κ1) is 11.4. The van der Waals surface area contributed by atoms with Crippen molar-refractivity contribution in [2.45, 2.75) is 13.8 Å². The van der Waals surface area contributed by atoms with Crippen molar-refractivity contribution in [2.24, 2.45) is 0 Å². The highest BCUT2D eigenvalue weighted by Gasteiger charge is 2.10. The smallest absolute Gasteiger partial charge is 0.159 e. The predicted molar refractivity (Wildman–Crippen MR) is 70.8 cm³/mol. The van der Waals surface area contributed by atoms with Gasteiger partial charge in [0.1, 0.15) is 5.75 Å². The maximum absolute atomic E-state index is 5.61. The van der Waals surface area contributed by atoms with Crippen LogP contribution in [0.5, 0.6) is 5.75 Å². The molecule has 1 aromatic carbocycles. The molecule has 1 heterocycles. The zero-order chi connectivity index (χ0) is 11.5. The minimum absolute atomic E-state index is 0.673. The molecule has 0 atom stereocenters. The lowest BCUT2D eigenvalue weighted by Crippen LogP contribution is -1.93. The van der Waals surface area contributed by atoms with Gasteiger partial charge in [-0.2, -0.15) is 0 Å². The molecule has 84 valence electrons. The topological polar surface area (TPSA) is 25.0 Å². The lowest BCUT2D eigenvalue weighted by atomic mass is 10.1. The van der Waals surface area contributed by atoms with E-state index in [9.17, 15) is 0 Å². The number of H-pyrrole nitrogens is 1. The number of aromatic amines is 1. The van der Waals surface area contributed by atoms with Crippen molar-refractivity contribution in [3.63, 3.8) is 0 Å². The number of hydrogen-bond acceptors (Lipinski definition) is 3. The van der Waals surface area contributed by atoms with Crippen molar-refractivity contribution < 1.29 is 4.74 Å². The Kier molecular flexibility index (Phi) is 3.41. The van der Waals surface area contributed by atoms with E-state index in [1.807, 2.05) is 32.0 Å². The van der Waals surface area contributed by atoms with E-state index in [2.05, 4.69) is 11.1 Å². The number of hydrogen-bond donors (Lipinski definition) is 1. The van der Waals surface area contributed by atoms with Gasteiger partial charge in [-0.3, -0.25) is 0 Å². The average molecular weight is 251 g/mol. The summed E-state index contributed by atoms with van der Waals surface area (Å²) >= 11 is 6.74. The zero-order valence-corrected chi connectivity index (χ0v) is 10.9. The largest absolute Gasteiger partial charge is 0.493 e. The summed E-state index contributed by atoms with van der Waals surface area (Å²) in [5.74, 6) is 0.915. The molecule has 0 unspecified atom stereocenters. The average Bonchev–Trinajstić information content (AvgIpc) is 2.59. The van der Waals surface area contributed by atoms with Crippen LogP contribution in [-0.2, 0) is 0 Å². The maximum atomic E-state index is 5.61. The summed E-state index contributed by atoms with van der Waals surface area (Å²) in [6.07, 6.45) is 0. The van der Waals surface area contributed by atoms with Crippen molar-refractivity contribution in [1.29, 1.82) is 0 Å². The van der Waals surface area contributed by atoms with E-state index in [0.717, 1.165) is 25.8 Å². The van der Waals surface area contributed by atoms with Crippen LogP contribution < -0.4 is 4.74 Å². The SMILES string of the molecule is CCOc1ccccc1-c1sc(=S)[nH]c1C. The molecule has 2 aromatic rings. The molecule has 0 spiro atoms. The van der Waals surface area contributed by atoms with Crippen LogP contribution >= 0.6 is 23.6 Å². The van der Waals surface area contributed by atoms with E-state index in [1.165, 1.54) is 0 Å². The van der Waals surface area contributed by atoms with E-state index in [0.29, 0.717) is 6.61 Å². The van der Waals surface area contributed by atoms with E-state index in [1.54, 1.807) is 11.3 Å². The van der Waals surface area contributed by atoms with Crippen LogP contribution in [0.2, 0.25) is 0 Å². The highest BCUT2D eigenvalue weighted by molar-refractivity contribution is 7.73. The Morgan fingerprint density at radius 3 is 2.75 bits per heavy atom. The van der Waals surface area contributed by atoms with Gasteiger partial charge in [-0.1, -0.05) is 12.1 Å². The van der Waals surface area contributed by atoms with Crippen LogP contribution in [0, 0.1) is 10.9 Å². The fourth-order valence-electron chi connectivity index (χ4n) is 1.60. The molecule has 0 aliphatic heterocycles. The fraction of sp³-hybridized carbons (Fsp3) is 0.250. The summed E-state index contributed by atoms with van der Waals surface area (Å²) in [7, 11) is 0. The minimum Gasteiger partial charge on any atom is -0.493 e. The minimum atomic E-state index is 0.673. The Morgan fingerprint density at radius 2 is 2.12 bits per heavy atom. The number of aryl methyl sites for hydroxylation is 1. The van der Waals surface area contributed by atoms with Gasteiger partial charge in [0.15, 0.2) is 3.95 Å². The fourth-order valence-corrected chi connectivity index (χ4v) is 2.87. The molecule has 0 amide bonds. The first-order valence-electron chi connectivity index (χ1n) is 5.14. The van der Waals surface area contributed by atoms with E-state index >= 15 is 0 Å². The van der Waals surface area contributed by atoms with Gasteiger partial charge >= 0.3 is 0 Å². The highest BCUT2D eigenvalue weighted by Crippen LogP contribution is 2.35. The molecule has 0 saturated heterocycles. The first-order chi connectivity index (χ1) is 7.72. The Hall–Kier alpha value is -1.13. The second-order valence-corrected chi connectivity index (χ2v) is 5.09. The molecule has 4 heteroatoms. The molecule has 0 fully saturated rings. The number of rotatable bonds is 3. The van der Waals surface area contributed by atoms with Crippen molar-refractivity contribution in [3.05, 3.63) is 33.9 Å².